The van der Waals surface area contributed by atoms with Gasteiger partial charge in [0.25, 0.3) is 5.95 Å². The first kappa shape index (κ1) is 22.0. The number of para-hydroxylation sites is 1. The minimum absolute atomic E-state index is 0.339. The fourth-order valence-electron chi connectivity index (χ4n) is 3.85. The number of aromatic nitrogens is 4. The molecule has 0 aliphatic heterocycles. The maximum atomic E-state index is 6.03. The molecular formula is C26H23BrN6O. The van der Waals surface area contributed by atoms with E-state index in [1.165, 1.54) is 0 Å². The number of benzene rings is 3. The summed E-state index contributed by atoms with van der Waals surface area (Å²) in [5.41, 5.74) is 7.54. The number of aryl methyl sites for hydroxylation is 1. The van der Waals surface area contributed by atoms with Crippen LogP contribution in [-0.2, 0) is 13.2 Å². The van der Waals surface area contributed by atoms with Crippen LogP contribution >= 0.6 is 15.9 Å². The number of ether oxygens (including phenoxy) is 1. The van der Waals surface area contributed by atoms with Crippen molar-refractivity contribution in [2.24, 2.45) is 5.10 Å². The lowest BCUT2D eigenvalue weighted by Crippen LogP contribution is -2.03. The van der Waals surface area contributed by atoms with Crippen LogP contribution in [0.5, 0.6) is 5.75 Å². The molecule has 170 valence electrons. The standard InChI is InChI=1S/C26H23BrN6O/c1-2-14-33-22-11-7-6-10-21(22)24-25(33)29-26(32-30-24)31-28-16-19-15-20(27)12-13-23(19)34-17-18-8-4-3-5-9-18/h3-13,15-16H,2,14,17H2,1H3,(H,29,31,32)/b28-16+. The molecule has 0 aliphatic rings. The predicted molar refractivity (Wildman–Crippen MR) is 139 cm³/mol. The molecule has 0 bridgehead atoms. The lowest BCUT2D eigenvalue weighted by Gasteiger charge is -2.09. The zero-order chi connectivity index (χ0) is 23.3. The highest BCUT2D eigenvalue weighted by Gasteiger charge is 2.14. The Kier molecular flexibility index (Phi) is 6.49. The van der Waals surface area contributed by atoms with E-state index in [-0.39, 0.29) is 0 Å². The molecule has 0 saturated carbocycles. The molecule has 0 fully saturated rings. The average molecular weight is 515 g/mol. The smallest absolute Gasteiger partial charge is 0.265 e. The number of nitrogens with zero attached hydrogens (tertiary/aromatic N) is 5. The first-order valence-electron chi connectivity index (χ1n) is 11.1. The highest BCUT2D eigenvalue weighted by Crippen LogP contribution is 2.27. The maximum absolute atomic E-state index is 6.03. The van der Waals surface area contributed by atoms with Crippen LogP contribution in [0.4, 0.5) is 5.95 Å². The summed E-state index contributed by atoms with van der Waals surface area (Å²) in [7, 11) is 0. The van der Waals surface area contributed by atoms with E-state index in [2.05, 4.69) is 60.3 Å². The van der Waals surface area contributed by atoms with Crippen molar-refractivity contribution in [2.45, 2.75) is 26.5 Å². The van der Waals surface area contributed by atoms with Gasteiger partial charge in [-0.1, -0.05) is 71.4 Å². The zero-order valence-corrected chi connectivity index (χ0v) is 20.2. The zero-order valence-electron chi connectivity index (χ0n) is 18.6. The largest absolute Gasteiger partial charge is 0.488 e. The Morgan fingerprint density at radius 2 is 1.85 bits per heavy atom. The SMILES string of the molecule is CCCn1c2ccccc2c2nnc(N/N=C/c3cc(Br)ccc3OCc3ccccc3)nc21. The van der Waals surface area contributed by atoms with Crippen LogP contribution in [0.3, 0.4) is 0 Å². The summed E-state index contributed by atoms with van der Waals surface area (Å²) in [4.78, 5) is 4.70. The van der Waals surface area contributed by atoms with Crippen molar-refractivity contribution < 1.29 is 4.74 Å². The van der Waals surface area contributed by atoms with Crippen LogP contribution < -0.4 is 10.2 Å². The molecule has 0 atom stereocenters. The van der Waals surface area contributed by atoms with Crippen LogP contribution in [-0.4, -0.2) is 26.0 Å². The first-order valence-corrected chi connectivity index (χ1v) is 11.9. The molecule has 0 amide bonds. The van der Waals surface area contributed by atoms with Crippen LogP contribution in [0.25, 0.3) is 22.1 Å². The maximum Gasteiger partial charge on any atom is 0.265 e. The predicted octanol–water partition coefficient (Wildman–Crippen LogP) is 6.18. The Morgan fingerprint density at radius 3 is 2.71 bits per heavy atom. The van der Waals surface area contributed by atoms with Gasteiger partial charge in [-0.25, -0.2) is 5.43 Å². The second-order valence-corrected chi connectivity index (χ2v) is 8.72. The molecule has 34 heavy (non-hydrogen) atoms. The van der Waals surface area contributed by atoms with E-state index < -0.39 is 0 Å². The van der Waals surface area contributed by atoms with E-state index in [9.17, 15) is 0 Å². The van der Waals surface area contributed by atoms with Gasteiger partial charge in [0.05, 0.1) is 11.7 Å². The molecule has 2 aromatic heterocycles. The summed E-state index contributed by atoms with van der Waals surface area (Å²) in [6.07, 6.45) is 2.69. The summed E-state index contributed by atoms with van der Waals surface area (Å²) in [5.74, 6) is 1.07. The molecule has 7 nitrogen and oxygen atoms in total. The summed E-state index contributed by atoms with van der Waals surface area (Å²) >= 11 is 3.52. The highest BCUT2D eigenvalue weighted by molar-refractivity contribution is 9.10. The van der Waals surface area contributed by atoms with E-state index in [0.717, 1.165) is 56.4 Å². The molecule has 2 heterocycles. The van der Waals surface area contributed by atoms with Gasteiger partial charge in [-0.3, -0.25) is 0 Å². The Labute approximate surface area is 205 Å². The Hall–Kier alpha value is -3.78. The summed E-state index contributed by atoms with van der Waals surface area (Å²) in [6, 6.07) is 24.0. The van der Waals surface area contributed by atoms with Gasteiger partial charge in [0.2, 0.25) is 0 Å². The molecule has 0 saturated heterocycles. The molecule has 0 radical (unpaired) electrons. The minimum atomic E-state index is 0.339. The van der Waals surface area contributed by atoms with Gasteiger partial charge in [0.15, 0.2) is 5.65 Å². The van der Waals surface area contributed by atoms with Gasteiger partial charge in [0, 0.05) is 22.0 Å². The first-order chi connectivity index (χ1) is 16.7. The monoisotopic (exact) mass is 514 g/mol. The number of rotatable bonds is 8. The van der Waals surface area contributed by atoms with Crippen molar-refractivity contribution in [2.75, 3.05) is 5.43 Å². The third kappa shape index (κ3) is 4.63. The molecule has 3 aromatic carbocycles. The number of hydrazone groups is 1. The van der Waals surface area contributed by atoms with Crippen LogP contribution in [0.2, 0.25) is 0 Å². The second kappa shape index (κ2) is 10.0. The molecule has 5 rings (SSSR count). The summed E-state index contributed by atoms with van der Waals surface area (Å²) in [5, 5.41) is 14.1. The van der Waals surface area contributed by atoms with Crippen molar-refractivity contribution in [3.8, 4) is 5.75 Å². The second-order valence-electron chi connectivity index (χ2n) is 7.80. The number of halogens is 1. The third-order valence-electron chi connectivity index (χ3n) is 5.40. The fraction of sp³-hybridized carbons (Fsp3) is 0.154. The van der Waals surface area contributed by atoms with Crippen molar-refractivity contribution in [1.82, 2.24) is 19.7 Å². The van der Waals surface area contributed by atoms with Gasteiger partial charge in [-0.2, -0.15) is 10.1 Å². The van der Waals surface area contributed by atoms with Crippen molar-refractivity contribution in [1.29, 1.82) is 0 Å². The van der Waals surface area contributed by atoms with Gasteiger partial charge in [-0.15, -0.1) is 10.2 Å². The number of hydrogen-bond acceptors (Lipinski definition) is 6. The van der Waals surface area contributed by atoms with Crippen molar-refractivity contribution in [3.63, 3.8) is 0 Å². The number of hydrogen-bond donors (Lipinski definition) is 1. The Bertz CT molecular complexity index is 1460. The van der Waals surface area contributed by atoms with Crippen LogP contribution in [0.15, 0.2) is 82.4 Å². The van der Waals surface area contributed by atoms with E-state index in [4.69, 9.17) is 9.72 Å². The lowest BCUT2D eigenvalue weighted by atomic mass is 10.2. The van der Waals surface area contributed by atoms with Gasteiger partial charge in [-0.05, 0) is 36.2 Å². The molecule has 5 aromatic rings. The van der Waals surface area contributed by atoms with Crippen molar-refractivity contribution in [3.05, 3.63) is 88.4 Å². The molecular weight excluding hydrogens is 492 g/mol. The number of fused-ring (bicyclic) bond motifs is 3. The number of nitrogens with one attached hydrogen (secondary N) is 1. The average Bonchev–Trinajstić information content (AvgIpc) is 3.17. The minimum Gasteiger partial charge on any atom is -0.488 e. The van der Waals surface area contributed by atoms with Gasteiger partial charge >= 0.3 is 0 Å². The normalized spacial score (nSPS) is 11.5. The molecule has 0 aliphatic carbocycles. The third-order valence-corrected chi connectivity index (χ3v) is 5.89. The molecule has 1 N–H and O–H groups in total. The fourth-order valence-corrected chi connectivity index (χ4v) is 4.23. The summed E-state index contributed by atoms with van der Waals surface area (Å²) in [6.45, 7) is 3.47. The quantitative estimate of drug-likeness (QED) is 0.197. The van der Waals surface area contributed by atoms with E-state index >= 15 is 0 Å². The Balaban J connectivity index is 1.38. The van der Waals surface area contributed by atoms with Crippen LogP contribution in [0, 0.1) is 0 Å². The summed E-state index contributed by atoms with van der Waals surface area (Å²) < 4.78 is 9.14. The Morgan fingerprint density at radius 1 is 1.03 bits per heavy atom. The van der Waals surface area contributed by atoms with Crippen LogP contribution in [0.1, 0.15) is 24.5 Å². The van der Waals surface area contributed by atoms with Crippen molar-refractivity contribution >= 4 is 50.2 Å². The molecule has 0 spiro atoms. The van der Waals surface area contributed by atoms with Gasteiger partial charge < -0.3 is 9.30 Å². The molecule has 0 unspecified atom stereocenters. The van der Waals surface area contributed by atoms with Gasteiger partial charge in [0.1, 0.15) is 17.9 Å². The molecule has 8 heteroatoms. The topological polar surface area (TPSA) is 77.2 Å². The highest BCUT2D eigenvalue weighted by atomic mass is 79.9. The van der Waals surface area contributed by atoms with E-state index in [1.54, 1.807) is 6.21 Å². The van der Waals surface area contributed by atoms with E-state index in [1.807, 2.05) is 60.7 Å². The number of anilines is 1. The van der Waals surface area contributed by atoms with E-state index in [0.29, 0.717) is 12.6 Å². The lowest BCUT2D eigenvalue weighted by molar-refractivity contribution is 0.306.